The van der Waals surface area contributed by atoms with E-state index in [1.54, 1.807) is 13.2 Å². The van der Waals surface area contributed by atoms with Gasteiger partial charge in [0.05, 0.1) is 13.7 Å². The van der Waals surface area contributed by atoms with E-state index in [0.717, 1.165) is 22.6 Å². The third-order valence-corrected chi connectivity index (χ3v) is 3.64. The molecule has 0 aliphatic rings. The van der Waals surface area contributed by atoms with Crippen LogP contribution in [0, 0.1) is 6.92 Å². The highest BCUT2D eigenvalue weighted by molar-refractivity contribution is 5.97. The summed E-state index contributed by atoms with van der Waals surface area (Å²) in [7, 11) is 1.65. The summed E-state index contributed by atoms with van der Waals surface area (Å²) >= 11 is 0. The average Bonchev–Trinajstić information content (AvgIpc) is 2.59. The number of aliphatic hydroxyl groups excluding tert-OH is 1. The molecule has 0 spiro atoms. The smallest absolute Gasteiger partial charge is 0.251 e. The first-order valence-corrected chi connectivity index (χ1v) is 7.51. The number of rotatable bonds is 7. The van der Waals surface area contributed by atoms with E-state index in [4.69, 9.17) is 9.84 Å². The summed E-state index contributed by atoms with van der Waals surface area (Å²) in [6.07, 6.45) is 0. The van der Waals surface area contributed by atoms with Gasteiger partial charge in [-0.25, -0.2) is 0 Å². The molecule has 3 N–H and O–H groups in total. The van der Waals surface area contributed by atoms with Gasteiger partial charge in [-0.2, -0.15) is 0 Å². The summed E-state index contributed by atoms with van der Waals surface area (Å²) in [5.41, 5.74) is 3.42. The van der Waals surface area contributed by atoms with Gasteiger partial charge in [-0.1, -0.05) is 24.3 Å². The number of methoxy groups -OCH3 is 1. The number of ether oxygens (including phenoxy) is 1. The maximum Gasteiger partial charge on any atom is 0.251 e. The third kappa shape index (κ3) is 4.23. The number of hydrogen-bond donors (Lipinski definition) is 3. The molecule has 0 aliphatic carbocycles. The molecule has 1 amide bonds. The minimum atomic E-state index is -0.183. The summed E-state index contributed by atoms with van der Waals surface area (Å²) in [5, 5.41) is 14.8. The molecule has 0 saturated heterocycles. The number of hydrogen-bond acceptors (Lipinski definition) is 4. The van der Waals surface area contributed by atoms with E-state index in [-0.39, 0.29) is 19.1 Å². The van der Waals surface area contributed by atoms with Crippen molar-refractivity contribution in [3.8, 4) is 5.75 Å². The molecular formula is C18H22N2O3. The first-order valence-electron chi connectivity index (χ1n) is 7.51. The van der Waals surface area contributed by atoms with Crippen molar-refractivity contribution >= 4 is 11.6 Å². The number of anilines is 1. The number of carbonyl (C=O) groups excluding carboxylic acids is 1. The molecule has 2 aromatic carbocycles. The maximum absolute atomic E-state index is 12.1. The molecule has 122 valence electrons. The molecule has 5 nitrogen and oxygen atoms in total. The molecule has 2 aromatic rings. The predicted octanol–water partition coefficient (Wildman–Crippen LogP) is 2.34. The summed E-state index contributed by atoms with van der Waals surface area (Å²) in [4.78, 5) is 12.1. The van der Waals surface area contributed by atoms with Crippen LogP contribution in [-0.2, 0) is 6.54 Å². The van der Waals surface area contributed by atoms with E-state index in [0.29, 0.717) is 12.1 Å². The lowest BCUT2D eigenvalue weighted by atomic mass is 10.1. The van der Waals surface area contributed by atoms with Gasteiger partial charge >= 0.3 is 0 Å². The van der Waals surface area contributed by atoms with Crippen molar-refractivity contribution in [1.82, 2.24) is 5.32 Å². The van der Waals surface area contributed by atoms with E-state index >= 15 is 0 Å². The monoisotopic (exact) mass is 314 g/mol. The van der Waals surface area contributed by atoms with Crippen LogP contribution in [0.3, 0.4) is 0 Å². The molecule has 23 heavy (non-hydrogen) atoms. The van der Waals surface area contributed by atoms with Gasteiger partial charge in [0.2, 0.25) is 0 Å². The van der Waals surface area contributed by atoms with E-state index < -0.39 is 0 Å². The number of amides is 1. The van der Waals surface area contributed by atoms with Crippen LogP contribution in [0.4, 0.5) is 5.69 Å². The van der Waals surface area contributed by atoms with Gasteiger partial charge in [0.25, 0.3) is 5.91 Å². The van der Waals surface area contributed by atoms with E-state index in [2.05, 4.69) is 10.6 Å². The Kier molecular flexibility index (Phi) is 6.00. The maximum atomic E-state index is 12.1. The van der Waals surface area contributed by atoms with Crippen LogP contribution >= 0.6 is 0 Å². The second kappa shape index (κ2) is 8.19. The zero-order chi connectivity index (χ0) is 16.7. The number of carbonyl (C=O) groups is 1. The van der Waals surface area contributed by atoms with E-state index in [9.17, 15) is 4.79 Å². The minimum Gasteiger partial charge on any atom is -0.496 e. The van der Waals surface area contributed by atoms with Crippen molar-refractivity contribution < 1.29 is 14.6 Å². The second-order valence-corrected chi connectivity index (χ2v) is 5.12. The lowest BCUT2D eigenvalue weighted by Crippen LogP contribution is -2.27. The Morgan fingerprint density at radius 3 is 2.70 bits per heavy atom. The molecule has 0 radical (unpaired) electrons. The summed E-state index contributed by atoms with van der Waals surface area (Å²) in [6.45, 7) is 2.68. The number of nitrogens with one attached hydrogen (secondary N) is 2. The lowest BCUT2D eigenvalue weighted by molar-refractivity contribution is 0.0944. The van der Waals surface area contributed by atoms with Gasteiger partial charge in [0.15, 0.2) is 0 Å². The topological polar surface area (TPSA) is 70.6 Å². The molecule has 0 atom stereocenters. The van der Waals surface area contributed by atoms with Gasteiger partial charge in [0, 0.05) is 29.9 Å². The molecule has 0 bridgehead atoms. The number of benzene rings is 2. The van der Waals surface area contributed by atoms with E-state index in [1.165, 1.54) is 0 Å². The van der Waals surface area contributed by atoms with E-state index in [1.807, 2.05) is 43.3 Å². The van der Waals surface area contributed by atoms with Crippen LogP contribution in [0.15, 0.2) is 42.5 Å². The van der Waals surface area contributed by atoms with Crippen molar-refractivity contribution in [2.45, 2.75) is 13.5 Å². The molecular weight excluding hydrogens is 292 g/mol. The Bertz CT molecular complexity index is 671. The molecule has 0 unspecified atom stereocenters. The van der Waals surface area contributed by atoms with Crippen molar-refractivity contribution in [2.75, 3.05) is 25.6 Å². The Balaban J connectivity index is 2.13. The summed E-state index contributed by atoms with van der Waals surface area (Å²) in [6, 6.07) is 13.4. The molecule has 2 rings (SSSR count). The quantitative estimate of drug-likeness (QED) is 0.733. The fourth-order valence-corrected chi connectivity index (χ4v) is 2.38. The highest BCUT2D eigenvalue weighted by Gasteiger charge is 2.11. The lowest BCUT2D eigenvalue weighted by Gasteiger charge is -2.14. The zero-order valence-electron chi connectivity index (χ0n) is 13.4. The normalized spacial score (nSPS) is 10.2. The van der Waals surface area contributed by atoms with Gasteiger partial charge in [-0.05, 0) is 30.7 Å². The fraction of sp³-hybridized carbons (Fsp3) is 0.278. The van der Waals surface area contributed by atoms with Gasteiger partial charge in [-0.15, -0.1) is 0 Å². The Hall–Kier alpha value is -2.53. The summed E-state index contributed by atoms with van der Waals surface area (Å²) in [5.74, 6) is 0.645. The molecule has 0 heterocycles. The van der Waals surface area contributed by atoms with Crippen molar-refractivity contribution in [2.24, 2.45) is 0 Å². The minimum absolute atomic E-state index is 0.0729. The van der Waals surface area contributed by atoms with Crippen LogP contribution < -0.4 is 15.4 Å². The van der Waals surface area contributed by atoms with Crippen molar-refractivity contribution in [3.05, 3.63) is 59.2 Å². The number of para-hydroxylation sites is 1. The molecule has 0 saturated carbocycles. The molecule has 5 heteroatoms. The Morgan fingerprint density at radius 2 is 1.96 bits per heavy atom. The fourth-order valence-electron chi connectivity index (χ4n) is 2.38. The van der Waals surface area contributed by atoms with Crippen LogP contribution in [0.1, 0.15) is 21.5 Å². The molecule has 0 aliphatic heterocycles. The van der Waals surface area contributed by atoms with Gasteiger partial charge in [0.1, 0.15) is 5.75 Å². The van der Waals surface area contributed by atoms with Crippen LogP contribution in [0.2, 0.25) is 0 Å². The highest BCUT2D eigenvalue weighted by atomic mass is 16.5. The average molecular weight is 314 g/mol. The SMILES string of the molecule is COc1ccccc1CNc1cccc(C(=O)NCCO)c1C. The first kappa shape index (κ1) is 16.8. The standard InChI is InChI=1S/C18H22N2O3/c1-13-15(18(22)19-10-11-21)7-5-8-16(13)20-12-14-6-3-4-9-17(14)23-2/h3-9,20-21H,10-12H2,1-2H3,(H,19,22). The van der Waals surface area contributed by atoms with Crippen LogP contribution in [0.25, 0.3) is 0 Å². The zero-order valence-corrected chi connectivity index (χ0v) is 13.4. The predicted molar refractivity (Wildman–Crippen MR) is 90.9 cm³/mol. The van der Waals surface area contributed by atoms with Crippen LogP contribution in [0.5, 0.6) is 5.75 Å². The van der Waals surface area contributed by atoms with Crippen molar-refractivity contribution in [3.63, 3.8) is 0 Å². The van der Waals surface area contributed by atoms with Gasteiger partial charge < -0.3 is 20.5 Å². The largest absolute Gasteiger partial charge is 0.496 e. The van der Waals surface area contributed by atoms with Gasteiger partial charge in [-0.3, -0.25) is 4.79 Å². The van der Waals surface area contributed by atoms with Crippen LogP contribution in [-0.4, -0.2) is 31.3 Å². The second-order valence-electron chi connectivity index (χ2n) is 5.12. The Labute approximate surface area is 136 Å². The summed E-state index contributed by atoms with van der Waals surface area (Å²) < 4.78 is 5.34. The molecule has 0 fully saturated rings. The first-order chi connectivity index (χ1) is 11.2. The Morgan fingerprint density at radius 1 is 1.17 bits per heavy atom. The highest BCUT2D eigenvalue weighted by Crippen LogP contribution is 2.22. The third-order valence-electron chi connectivity index (χ3n) is 3.64. The van der Waals surface area contributed by atoms with Crippen molar-refractivity contribution in [1.29, 1.82) is 0 Å². The number of aliphatic hydroxyl groups is 1. The molecule has 0 aromatic heterocycles.